The van der Waals surface area contributed by atoms with Gasteiger partial charge in [0.2, 0.25) is 11.0 Å². The van der Waals surface area contributed by atoms with E-state index in [1.54, 1.807) is 17.0 Å². The van der Waals surface area contributed by atoms with Gasteiger partial charge in [0.15, 0.2) is 0 Å². The summed E-state index contributed by atoms with van der Waals surface area (Å²) in [6, 6.07) is 16.9. The van der Waals surface area contributed by atoms with Gasteiger partial charge >= 0.3 is 0 Å². The number of carbonyl (C=O) groups is 2. The number of carbonyl (C=O) groups excluding carboxylic acids is 2. The van der Waals surface area contributed by atoms with Crippen LogP contribution in [0.1, 0.15) is 33.3 Å². The van der Waals surface area contributed by atoms with E-state index in [4.69, 9.17) is 0 Å². The molecule has 1 unspecified atom stereocenters. The molecular formula is C20H18N4O2S. The zero-order chi connectivity index (χ0) is 18.8. The first-order valence-corrected chi connectivity index (χ1v) is 9.48. The van der Waals surface area contributed by atoms with Crippen molar-refractivity contribution < 1.29 is 9.59 Å². The van der Waals surface area contributed by atoms with Crippen molar-refractivity contribution in [2.45, 2.75) is 19.3 Å². The summed E-state index contributed by atoms with van der Waals surface area (Å²) in [7, 11) is 0. The number of nitrogens with zero attached hydrogens (tertiary/aromatic N) is 3. The Balaban J connectivity index is 1.46. The number of amides is 2. The highest BCUT2D eigenvalue weighted by Crippen LogP contribution is 2.34. The zero-order valence-corrected chi connectivity index (χ0v) is 15.6. The summed E-state index contributed by atoms with van der Waals surface area (Å²) in [5.74, 6) is -0.157. The molecular weight excluding hydrogens is 360 g/mol. The number of hydrogen-bond acceptors (Lipinski definition) is 5. The lowest BCUT2D eigenvalue weighted by atomic mass is 10.1. The minimum atomic E-state index is -0.220. The second-order valence-corrected chi connectivity index (χ2v) is 7.52. The summed E-state index contributed by atoms with van der Waals surface area (Å²) in [5.41, 5.74) is 2.59. The monoisotopic (exact) mass is 378 g/mol. The molecule has 136 valence electrons. The number of benzene rings is 2. The van der Waals surface area contributed by atoms with E-state index in [9.17, 15) is 9.59 Å². The summed E-state index contributed by atoms with van der Waals surface area (Å²) in [4.78, 5) is 26.5. The highest BCUT2D eigenvalue weighted by molar-refractivity contribution is 7.15. The Morgan fingerprint density at radius 1 is 1.15 bits per heavy atom. The average molecular weight is 378 g/mol. The Labute approximate surface area is 160 Å². The normalized spacial score (nSPS) is 16.6. The molecule has 2 heterocycles. The van der Waals surface area contributed by atoms with Crippen LogP contribution in [-0.2, 0) is 4.79 Å². The van der Waals surface area contributed by atoms with E-state index in [1.807, 2.05) is 49.4 Å². The van der Waals surface area contributed by atoms with Crippen LogP contribution >= 0.6 is 11.3 Å². The second-order valence-electron chi connectivity index (χ2n) is 6.51. The van der Waals surface area contributed by atoms with Gasteiger partial charge in [-0.3, -0.25) is 14.9 Å². The van der Waals surface area contributed by atoms with E-state index in [0.29, 0.717) is 23.7 Å². The molecule has 0 saturated carbocycles. The molecule has 0 bridgehead atoms. The summed E-state index contributed by atoms with van der Waals surface area (Å²) < 4.78 is 0. The van der Waals surface area contributed by atoms with Gasteiger partial charge in [0.05, 0.1) is 0 Å². The highest BCUT2D eigenvalue weighted by atomic mass is 32.1. The SMILES string of the molecule is Cc1cccc(N2CC(c3nnc(NC(=O)c4ccccc4)s3)CC2=O)c1. The van der Waals surface area contributed by atoms with Crippen LogP contribution < -0.4 is 10.2 Å². The fourth-order valence-corrected chi connectivity index (χ4v) is 3.96. The molecule has 0 radical (unpaired) electrons. The van der Waals surface area contributed by atoms with Gasteiger partial charge in [0.1, 0.15) is 5.01 Å². The van der Waals surface area contributed by atoms with Crippen molar-refractivity contribution in [1.82, 2.24) is 10.2 Å². The zero-order valence-electron chi connectivity index (χ0n) is 14.8. The highest BCUT2D eigenvalue weighted by Gasteiger charge is 2.34. The van der Waals surface area contributed by atoms with Crippen LogP contribution in [-0.4, -0.2) is 28.6 Å². The van der Waals surface area contributed by atoms with E-state index in [0.717, 1.165) is 16.3 Å². The molecule has 1 fully saturated rings. The van der Waals surface area contributed by atoms with Crippen molar-refractivity contribution in [3.05, 3.63) is 70.7 Å². The molecule has 4 rings (SSSR count). The molecule has 27 heavy (non-hydrogen) atoms. The van der Waals surface area contributed by atoms with Crippen LogP contribution in [0.15, 0.2) is 54.6 Å². The van der Waals surface area contributed by atoms with Gasteiger partial charge in [0.25, 0.3) is 5.91 Å². The molecule has 0 spiro atoms. The molecule has 2 aromatic carbocycles. The maximum atomic E-state index is 12.5. The molecule has 1 saturated heterocycles. The number of rotatable bonds is 4. The summed E-state index contributed by atoms with van der Waals surface area (Å²) in [6.45, 7) is 2.58. The molecule has 1 aromatic heterocycles. The molecule has 2 amide bonds. The Kier molecular flexibility index (Phi) is 4.68. The van der Waals surface area contributed by atoms with E-state index < -0.39 is 0 Å². The number of aryl methyl sites for hydroxylation is 1. The lowest BCUT2D eigenvalue weighted by Crippen LogP contribution is -2.24. The maximum Gasteiger partial charge on any atom is 0.257 e. The van der Waals surface area contributed by atoms with Gasteiger partial charge in [0, 0.05) is 30.1 Å². The molecule has 6 nitrogen and oxygen atoms in total. The Hall–Kier alpha value is -3.06. The fourth-order valence-electron chi connectivity index (χ4n) is 3.13. The van der Waals surface area contributed by atoms with Crippen molar-refractivity contribution in [3.63, 3.8) is 0 Å². The van der Waals surface area contributed by atoms with Crippen LogP contribution in [0.3, 0.4) is 0 Å². The van der Waals surface area contributed by atoms with Crippen LogP contribution in [0.2, 0.25) is 0 Å². The van der Waals surface area contributed by atoms with Crippen LogP contribution in [0.25, 0.3) is 0 Å². The van der Waals surface area contributed by atoms with Crippen molar-refractivity contribution in [2.24, 2.45) is 0 Å². The minimum Gasteiger partial charge on any atom is -0.312 e. The number of nitrogens with one attached hydrogen (secondary N) is 1. The van der Waals surface area contributed by atoms with E-state index in [1.165, 1.54) is 11.3 Å². The molecule has 3 aromatic rings. The molecule has 7 heteroatoms. The van der Waals surface area contributed by atoms with Crippen LogP contribution in [0.4, 0.5) is 10.8 Å². The van der Waals surface area contributed by atoms with Crippen molar-refractivity contribution in [2.75, 3.05) is 16.8 Å². The largest absolute Gasteiger partial charge is 0.312 e. The van der Waals surface area contributed by atoms with Gasteiger partial charge in [-0.25, -0.2) is 0 Å². The topological polar surface area (TPSA) is 75.2 Å². The van der Waals surface area contributed by atoms with E-state index in [-0.39, 0.29) is 17.7 Å². The third kappa shape index (κ3) is 3.73. The van der Waals surface area contributed by atoms with Crippen LogP contribution in [0, 0.1) is 6.92 Å². The predicted molar refractivity (Wildman–Crippen MR) is 105 cm³/mol. The first-order chi connectivity index (χ1) is 13.1. The summed E-state index contributed by atoms with van der Waals surface area (Å²) >= 11 is 1.32. The first-order valence-electron chi connectivity index (χ1n) is 8.67. The van der Waals surface area contributed by atoms with E-state index in [2.05, 4.69) is 15.5 Å². The van der Waals surface area contributed by atoms with Crippen LogP contribution in [0.5, 0.6) is 0 Å². The number of hydrogen-bond donors (Lipinski definition) is 1. The second kappa shape index (κ2) is 7.28. The van der Waals surface area contributed by atoms with Gasteiger partial charge < -0.3 is 4.90 Å². The minimum absolute atomic E-state index is 0.0158. The summed E-state index contributed by atoms with van der Waals surface area (Å²) in [6.07, 6.45) is 0.398. The molecule has 0 aliphatic carbocycles. The Morgan fingerprint density at radius 2 is 1.96 bits per heavy atom. The fraction of sp³-hybridized carbons (Fsp3) is 0.200. The third-order valence-electron chi connectivity index (χ3n) is 4.48. The van der Waals surface area contributed by atoms with Gasteiger partial charge in [-0.05, 0) is 36.8 Å². The van der Waals surface area contributed by atoms with Crippen molar-refractivity contribution in [3.8, 4) is 0 Å². The smallest absolute Gasteiger partial charge is 0.257 e. The van der Waals surface area contributed by atoms with Crippen molar-refractivity contribution >= 4 is 34.0 Å². The molecule has 1 aliphatic heterocycles. The van der Waals surface area contributed by atoms with Gasteiger partial charge in [-0.15, -0.1) is 10.2 Å². The maximum absolute atomic E-state index is 12.5. The first kappa shape index (κ1) is 17.4. The quantitative estimate of drug-likeness (QED) is 0.752. The van der Waals surface area contributed by atoms with Gasteiger partial charge in [-0.2, -0.15) is 0 Å². The molecule has 1 aliphatic rings. The molecule has 1 atom stereocenters. The van der Waals surface area contributed by atoms with Crippen molar-refractivity contribution in [1.29, 1.82) is 0 Å². The third-order valence-corrected chi connectivity index (χ3v) is 5.49. The molecule has 1 N–H and O–H groups in total. The standard InChI is InChI=1S/C20H18N4O2S/c1-13-6-5-9-16(10-13)24-12-15(11-17(24)25)19-22-23-20(27-19)21-18(26)14-7-3-2-4-8-14/h2-10,15H,11-12H2,1H3,(H,21,23,26). The predicted octanol–water partition coefficient (Wildman–Crippen LogP) is 3.62. The lowest BCUT2D eigenvalue weighted by Gasteiger charge is -2.16. The lowest BCUT2D eigenvalue weighted by molar-refractivity contribution is -0.117. The van der Waals surface area contributed by atoms with E-state index >= 15 is 0 Å². The van der Waals surface area contributed by atoms with Gasteiger partial charge in [-0.1, -0.05) is 41.7 Å². The average Bonchev–Trinajstić information content (AvgIpc) is 3.29. The number of anilines is 2. The Morgan fingerprint density at radius 3 is 2.74 bits per heavy atom. The number of aromatic nitrogens is 2. The Bertz CT molecular complexity index is 986. The summed E-state index contributed by atoms with van der Waals surface area (Å²) in [5, 5.41) is 12.3.